The highest BCUT2D eigenvalue weighted by atomic mass is 16.6. The van der Waals surface area contributed by atoms with Crippen LogP contribution < -0.4 is 5.32 Å². The number of fused-ring (bicyclic) bond motifs is 2. The van der Waals surface area contributed by atoms with E-state index in [0.29, 0.717) is 24.9 Å². The number of hydrogen-bond acceptors (Lipinski definition) is 4. The number of nitrogens with zero attached hydrogens (tertiary/aromatic N) is 1. The molecule has 1 aromatic heterocycles. The van der Waals surface area contributed by atoms with Crippen LogP contribution >= 0.6 is 0 Å². The summed E-state index contributed by atoms with van der Waals surface area (Å²) in [6.07, 6.45) is 7.57. The summed E-state index contributed by atoms with van der Waals surface area (Å²) >= 11 is 0. The minimum Gasteiger partial charge on any atom is -0.462 e. The number of carbonyl (C=O) groups is 1. The van der Waals surface area contributed by atoms with E-state index in [0.717, 1.165) is 25.0 Å². The fourth-order valence-corrected chi connectivity index (χ4v) is 5.35. The Labute approximate surface area is 150 Å². The summed E-state index contributed by atoms with van der Waals surface area (Å²) in [6, 6.07) is 5.90. The highest BCUT2D eigenvalue weighted by molar-refractivity contribution is 5.75. The van der Waals surface area contributed by atoms with Gasteiger partial charge in [-0.05, 0) is 55.6 Å². The van der Waals surface area contributed by atoms with Gasteiger partial charge in [0.1, 0.15) is 6.10 Å². The molecule has 0 radical (unpaired) electrons. The van der Waals surface area contributed by atoms with Crippen LogP contribution in [0.4, 0.5) is 0 Å². The Hall–Kier alpha value is -1.68. The maximum absolute atomic E-state index is 12.5. The normalized spacial score (nSPS) is 37.3. The maximum atomic E-state index is 12.5. The van der Waals surface area contributed by atoms with Crippen molar-refractivity contribution in [3.63, 3.8) is 0 Å². The zero-order valence-corrected chi connectivity index (χ0v) is 15.0. The lowest BCUT2D eigenvalue weighted by Gasteiger charge is -2.50. The van der Waals surface area contributed by atoms with Crippen LogP contribution in [0.15, 0.2) is 36.5 Å². The third kappa shape index (κ3) is 3.12. The van der Waals surface area contributed by atoms with Crippen molar-refractivity contribution in [1.82, 2.24) is 10.3 Å². The van der Waals surface area contributed by atoms with E-state index in [9.17, 15) is 4.79 Å². The van der Waals surface area contributed by atoms with Crippen molar-refractivity contribution in [2.75, 3.05) is 6.54 Å². The first-order valence-electron chi connectivity index (χ1n) is 9.55. The molecule has 1 N–H and O–H groups in total. The topological polar surface area (TPSA) is 51.2 Å². The summed E-state index contributed by atoms with van der Waals surface area (Å²) in [5.41, 5.74) is 2.67. The van der Waals surface area contributed by atoms with Gasteiger partial charge in [0.05, 0.1) is 11.6 Å². The third-order valence-corrected chi connectivity index (χ3v) is 6.72. The number of rotatable bonds is 4. The van der Waals surface area contributed by atoms with Crippen LogP contribution in [-0.2, 0) is 16.1 Å². The second-order valence-corrected chi connectivity index (χ2v) is 8.36. The SMILES string of the molecule is C=C1CCC[C@]2(C)C[C@H]3OC(=O)[C@@H](CNCc4ccccn4)[C@@H]3C[C@H]12. The van der Waals surface area contributed by atoms with Crippen molar-refractivity contribution >= 4 is 5.97 Å². The predicted molar refractivity (Wildman–Crippen MR) is 96.6 cm³/mol. The molecule has 2 heterocycles. The molecule has 0 spiro atoms. The molecular weight excluding hydrogens is 312 g/mol. The smallest absolute Gasteiger partial charge is 0.310 e. The molecule has 4 heteroatoms. The summed E-state index contributed by atoms with van der Waals surface area (Å²) < 4.78 is 5.81. The van der Waals surface area contributed by atoms with Crippen molar-refractivity contribution in [2.24, 2.45) is 23.2 Å². The minimum atomic E-state index is -0.0343. The zero-order valence-electron chi connectivity index (χ0n) is 15.0. The molecule has 0 bridgehead atoms. The molecular formula is C21H28N2O2. The van der Waals surface area contributed by atoms with Gasteiger partial charge >= 0.3 is 5.97 Å². The Bertz CT molecular complexity index is 659. The Morgan fingerprint density at radius 3 is 3.12 bits per heavy atom. The van der Waals surface area contributed by atoms with E-state index < -0.39 is 0 Å². The molecule has 2 saturated carbocycles. The van der Waals surface area contributed by atoms with Gasteiger partial charge in [0, 0.05) is 25.2 Å². The van der Waals surface area contributed by atoms with Gasteiger partial charge in [-0.1, -0.05) is 25.1 Å². The number of nitrogens with one attached hydrogen (secondary N) is 1. The van der Waals surface area contributed by atoms with E-state index in [4.69, 9.17) is 4.74 Å². The van der Waals surface area contributed by atoms with Gasteiger partial charge < -0.3 is 10.1 Å². The first-order valence-corrected chi connectivity index (χ1v) is 9.55. The van der Waals surface area contributed by atoms with Crippen LogP contribution in [0.5, 0.6) is 0 Å². The quantitative estimate of drug-likeness (QED) is 0.673. The first-order chi connectivity index (χ1) is 12.1. The molecule has 4 rings (SSSR count). The second-order valence-electron chi connectivity index (χ2n) is 8.36. The van der Waals surface area contributed by atoms with E-state index in [1.54, 1.807) is 6.20 Å². The van der Waals surface area contributed by atoms with E-state index in [1.165, 1.54) is 18.4 Å². The van der Waals surface area contributed by atoms with E-state index >= 15 is 0 Å². The van der Waals surface area contributed by atoms with Crippen molar-refractivity contribution < 1.29 is 9.53 Å². The van der Waals surface area contributed by atoms with Gasteiger partial charge in [-0.25, -0.2) is 0 Å². The number of aromatic nitrogens is 1. The predicted octanol–water partition coefficient (Wildman–Crippen LogP) is 3.49. The number of hydrogen-bond donors (Lipinski definition) is 1. The molecule has 0 unspecified atom stereocenters. The fraction of sp³-hybridized carbons (Fsp3) is 0.619. The van der Waals surface area contributed by atoms with Crippen molar-refractivity contribution in [1.29, 1.82) is 0 Å². The average Bonchev–Trinajstić information content (AvgIpc) is 2.88. The molecule has 4 nitrogen and oxygen atoms in total. The Morgan fingerprint density at radius 1 is 1.44 bits per heavy atom. The number of ether oxygens (including phenoxy) is 1. The van der Waals surface area contributed by atoms with E-state index in [1.807, 2.05) is 18.2 Å². The molecule has 0 amide bonds. The van der Waals surface area contributed by atoms with Crippen LogP contribution in [0.2, 0.25) is 0 Å². The number of pyridine rings is 1. The molecule has 1 aliphatic heterocycles. The number of allylic oxidation sites excluding steroid dienone is 1. The largest absolute Gasteiger partial charge is 0.462 e. The van der Waals surface area contributed by atoms with E-state index in [2.05, 4.69) is 23.8 Å². The monoisotopic (exact) mass is 340 g/mol. The van der Waals surface area contributed by atoms with Gasteiger partial charge in [-0.3, -0.25) is 9.78 Å². The number of carbonyl (C=O) groups excluding carboxylic acids is 1. The second kappa shape index (κ2) is 6.56. The maximum Gasteiger partial charge on any atom is 0.310 e. The van der Waals surface area contributed by atoms with E-state index in [-0.39, 0.29) is 23.4 Å². The van der Waals surface area contributed by atoms with Crippen molar-refractivity contribution in [2.45, 2.75) is 51.7 Å². The van der Waals surface area contributed by atoms with Gasteiger partial charge in [0.15, 0.2) is 0 Å². The standard InChI is InChI=1S/C21H28N2O2/c1-14-6-5-8-21(2)11-19-16(10-18(14)21)17(20(24)25-19)13-22-12-15-7-3-4-9-23-15/h3-4,7,9,16-19,22H,1,5-6,8,10-13H2,2H3/t16-,17-,18+,19+,21+/m0/s1. The molecule has 2 aliphatic carbocycles. The molecule has 0 aromatic carbocycles. The van der Waals surface area contributed by atoms with Crippen LogP contribution in [0.3, 0.4) is 0 Å². The van der Waals surface area contributed by atoms with Crippen LogP contribution in [0.1, 0.15) is 44.7 Å². The lowest BCUT2D eigenvalue weighted by atomic mass is 9.55. The average molecular weight is 340 g/mol. The summed E-state index contributed by atoms with van der Waals surface area (Å²) in [5.74, 6) is 0.830. The van der Waals surface area contributed by atoms with Crippen LogP contribution in [0, 0.1) is 23.2 Å². The molecule has 1 saturated heterocycles. The van der Waals surface area contributed by atoms with Crippen LogP contribution in [0.25, 0.3) is 0 Å². The van der Waals surface area contributed by atoms with Gasteiger partial charge in [0.2, 0.25) is 0 Å². The van der Waals surface area contributed by atoms with Gasteiger partial charge in [-0.2, -0.15) is 0 Å². The van der Waals surface area contributed by atoms with Gasteiger partial charge in [-0.15, -0.1) is 0 Å². The molecule has 5 atom stereocenters. The van der Waals surface area contributed by atoms with Crippen molar-refractivity contribution in [3.8, 4) is 0 Å². The van der Waals surface area contributed by atoms with Crippen molar-refractivity contribution in [3.05, 3.63) is 42.2 Å². The lowest BCUT2D eigenvalue weighted by molar-refractivity contribution is -0.146. The van der Waals surface area contributed by atoms with Crippen LogP contribution in [-0.4, -0.2) is 23.6 Å². The summed E-state index contributed by atoms with van der Waals surface area (Å²) in [6.45, 7) is 8.09. The summed E-state index contributed by atoms with van der Waals surface area (Å²) in [5, 5.41) is 3.41. The molecule has 134 valence electrons. The fourth-order valence-electron chi connectivity index (χ4n) is 5.35. The summed E-state index contributed by atoms with van der Waals surface area (Å²) in [7, 11) is 0. The Kier molecular flexibility index (Phi) is 4.40. The molecule has 1 aromatic rings. The highest BCUT2D eigenvalue weighted by Gasteiger charge is 2.54. The lowest BCUT2D eigenvalue weighted by Crippen LogP contribution is -2.45. The molecule has 3 fully saturated rings. The third-order valence-electron chi connectivity index (χ3n) is 6.72. The first kappa shape index (κ1) is 16.8. The molecule has 3 aliphatic rings. The zero-order chi connectivity index (χ0) is 17.4. The molecule has 25 heavy (non-hydrogen) atoms. The highest BCUT2D eigenvalue weighted by Crippen LogP contribution is 2.56. The number of esters is 1. The summed E-state index contributed by atoms with van der Waals surface area (Å²) in [4.78, 5) is 16.8. The Balaban J connectivity index is 1.42. The Morgan fingerprint density at radius 2 is 2.32 bits per heavy atom. The van der Waals surface area contributed by atoms with Gasteiger partial charge in [0.25, 0.3) is 0 Å². The minimum absolute atomic E-state index is 0.0172.